The van der Waals surface area contributed by atoms with Gasteiger partial charge in [0.1, 0.15) is 11.6 Å². The number of piperidine rings is 1. The normalized spacial score (nSPS) is 14.9. The van der Waals surface area contributed by atoms with Gasteiger partial charge in [0.15, 0.2) is 5.60 Å². The number of carboxylic acid groups (broad SMARTS) is 3. The quantitative estimate of drug-likeness (QED) is 0.240. The van der Waals surface area contributed by atoms with Crippen molar-refractivity contribution in [3.8, 4) is 11.4 Å². The number of methoxy groups -OCH3 is 1. The van der Waals surface area contributed by atoms with Crippen LogP contribution in [0.25, 0.3) is 5.69 Å². The predicted molar refractivity (Wildman–Crippen MR) is 142 cm³/mol. The van der Waals surface area contributed by atoms with Gasteiger partial charge in [0.25, 0.3) is 0 Å². The molecule has 4 rings (SSSR count). The van der Waals surface area contributed by atoms with Gasteiger partial charge in [-0.2, -0.15) is 5.10 Å². The average Bonchev–Trinajstić information content (AvgIpc) is 3.38. The average molecular weight is 574 g/mol. The molecule has 0 spiro atoms. The number of para-hydroxylation sites is 1. The minimum Gasteiger partial charge on any atom is -0.496 e. The van der Waals surface area contributed by atoms with E-state index in [0.717, 1.165) is 42.2 Å². The molecule has 2 heterocycles. The summed E-state index contributed by atoms with van der Waals surface area (Å²) in [7, 11) is 1.64. The molecule has 0 saturated carbocycles. The van der Waals surface area contributed by atoms with Crippen LogP contribution in [0.5, 0.6) is 5.75 Å². The first-order chi connectivity index (χ1) is 19.3. The minimum absolute atomic E-state index is 0.257. The van der Waals surface area contributed by atoms with E-state index in [9.17, 15) is 23.9 Å². The van der Waals surface area contributed by atoms with Gasteiger partial charge in [-0.1, -0.05) is 18.2 Å². The van der Waals surface area contributed by atoms with Gasteiger partial charge in [0.2, 0.25) is 0 Å². The molecule has 0 bridgehead atoms. The lowest BCUT2D eigenvalue weighted by Crippen LogP contribution is -2.42. The maximum Gasteiger partial charge on any atom is 0.336 e. The molecule has 1 fully saturated rings. The number of carboxylic acids is 3. The molecule has 1 aliphatic heterocycles. The molecule has 0 atom stereocenters. The van der Waals surface area contributed by atoms with Gasteiger partial charge in [-0.3, -0.25) is 14.5 Å². The molecule has 1 saturated heterocycles. The third-order valence-corrected chi connectivity index (χ3v) is 6.71. The summed E-state index contributed by atoms with van der Waals surface area (Å²) in [6.07, 6.45) is 2.82. The monoisotopic (exact) mass is 573 g/mol. The number of likely N-dealkylation sites (tertiary alicyclic amines) is 1. The van der Waals surface area contributed by atoms with Gasteiger partial charge in [0.05, 0.1) is 37.4 Å². The molecule has 220 valence electrons. The number of hydrogen-bond acceptors (Lipinski definition) is 8. The van der Waals surface area contributed by atoms with Gasteiger partial charge in [-0.15, -0.1) is 0 Å². The van der Waals surface area contributed by atoms with Crippen molar-refractivity contribution in [2.24, 2.45) is 0 Å². The number of hydrogen-bond donors (Lipinski definition) is 5. The molecule has 1 aliphatic rings. The summed E-state index contributed by atoms with van der Waals surface area (Å²) >= 11 is 0. The number of rotatable bonds is 10. The Morgan fingerprint density at radius 2 is 1.59 bits per heavy atom. The predicted octanol–water partition coefficient (Wildman–Crippen LogP) is 2.26. The molecule has 13 heteroatoms. The first-order valence-electron chi connectivity index (χ1n) is 12.6. The van der Waals surface area contributed by atoms with E-state index in [0.29, 0.717) is 12.8 Å². The molecule has 0 radical (unpaired) electrons. The highest BCUT2D eigenvalue weighted by Gasteiger charge is 2.41. The second-order valence-corrected chi connectivity index (χ2v) is 9.76. The molecule has 41 heavy (non-hydrogen) atoms. The molecule has 0 aliphatic carbocycles. The van der Waals surface area contributed by atoms with Crippen molar-refractivity contribution < 1.29 is 49.0 Å². The standard InChI is InChI=1S/C22H24FN3O2.C6H8O7/c1-28-21-5-3-2-4-20(21)22(27)10-12-25(13-11-22)15-17-14-24-26(16-17)19-8-6-18(23)7-9-19;7-3(8)1-6(13,5(11)12)2-4(9)10/h2-9,14,16,27H,10-13,15H2,1H3;13H,1-2H2,(H,7,8)(H,9,10)(H,11,12). The maximum atomic E-state index is 13.1. The van der Waals surface area contributed by atoms with Gasteiger partial charge in [0, 0.05) is 37.0 Å². The Morgan fingerprint density at radius 1 is 1.00 bits per heavy atom. The molecule has 0 unspecified atom stereocenters. The molecular formula is C28H32FN3O9. The number of benzene rings is 2. The van der Waals surface area contributed by atoms with Gasteiger partial charge >= 0.3 is 17.9 Å². The Labute approximate surface area is 234 Å². The second-order valence-electron chi connectivity index (χ2n) is 9.76. The van der Waals surface area contributed by atoms with E-state index in [1.165, 1.54) is 12.1 Å². The van der Waals surface area contributed by atoms with Crippen molar-refractivity contribution in [1.29, 1.82) is 0 Å². The van der Waals surface area contributed by atoms with E-state index < -0.39 is 42.0 Å². The third-order valence-electron chi connectivity index (χ3n) is 6.71. The molecule has 2 aromatic carbocycles. The van der Waals surface area contributed by atoms with Crippen LogP contribution in [0.15, 0.2) is 60.9 Å². The summed E-state index contributed by atoms with van der Waals surface area (Å²) in [6.45, 7) is 2.34. The van der Waals surface area contributed by atoms with Crippen LogP contribution in [0, 0.1) is 5.82 Å². The zero-order valence-corrected chi connectivity index (χ0v) is 22.3. The summed E-state index contributed by atoms with van der Waals surface area (Å²) in [5.41, 5.74) is -0.816. The highest BCUT2D eigenvalue weighted by atomic mass is 19.1. The number of nitrogens with zero attached hydrogens (tertiary/aromatic N) is 3. The number of aromatic nitrogens is 2. The molecule has 3 aromatic rings. The fourth-order valence-corrected chi connectivity index (χ4v) is 4.53. The van der Waals surface area contributed by atoms with Crippen LogP contribution in [-0.2, 0) is 26.5 Å². The van der Waals surface area contributed by atoms with Crippen LogP contribution in [0.1, 0.15) is 36.8 Å². The van der Waals surface area contributed by atoms with Crippen molar-refractivity contribution in [3.63, 3.8) is 0 Å². The SMILES string of the molecule is COc1ccccc1C1(O)CCN(Cc2cnn(-c3ccc(F)cc3)c2)CC1.O=C(O)CC(O)(CC(=O)O)C(=O)O. The van der Waals surface area contributed by atoms with Crippen LogP contribution >= 0.6 is 0 Å². The lowest BCUT2D eigenvalue weighted by Gasteiger charge is -2.38. The van der Waals surface area contributed by atoms with Crippen LogP contribution < -0.4 is 4.74 Å². The minimum atomic E-state index is -2.74. The van der Waals surface area contributed by atoms with Gasteiger partial charge in [-0.25, -0.2) is 13.9 Å². The van der Waals surface area contributed by atoms with Crippen LogP contribution in [-0.4, -0.2) is 83.9 Å². The van der Waals surface area contributed by atoms with Crippen LogP contribution in [0.2, 0.25) is 0 Å². The van der Waals surface area contributed by atoms with Crippen molar-refractivity contribution in [3.05, 3.63) is 77.9 Å². The van der Waals surface area contributed by atoms with E-state index in [2.05, 4.69) is 10.00 Å². The van der Waals surface area contributed by atoms with Crippen LogP contribution in [0.4, 0.5) is 4.39 Å². The highest BCUT2D eigenvalue weighted by Crippen LogP contribution is 2.38. The lowest BCUT2D eigenvalue weighted by molar-refractivity contribution is -0.170. The van der Waals surface area contributed by atoms with Crippen LogP contribution in [0.3, 0.4) is 0 Å². The van der Waals surface area contributed by atoms with Crippen molar-refractivity contribution in [2.45, 2.75) is 43.4 Å². The topological polar surface area (TPSA) is 183 Å². The van der Waals surface area contributed by atoms with E-state index in [4.69, 9.17) is 25.2 Å². The number of aliphatic carboxylic acids is 3. The van der Waals surface area contributed by atoms with Crippen molar-refractivity contribution >= 4 is 17.9 Å². The number of ether oxygens (including phenoxy) is 1. The lowest BCUT2D eigenvalue weighted by atomic mass is 9.84. The first kappa shape index (κ1) is 31.2. The summed E-state index contributed by atoms with van der Waals surface area (Å²) in [4.78, 5) is 32.8. The molecule has 12 nitrogen and oxygen atoms in total. The Morgan fingerprint density at radius 3 is 2.12 bits per heavy atom. The van der Waals surface area contributed by atoms with E-state index in [1.54, 1.807) is 23.9 Å². The smallest absolute Gasteiger partial charge is 0.336 e. The van der Waals surface area contributed by atoms with Crippen molar-refractivity contribution in [2.75, 3.05) is 20.2 Å². The Balaban J connectivity index is 0.000000302. The molecular weight excluding hydrogens is 541 g/mol. The number of carbonyl (C=O) groups is 3. The summed E-state index contributed by atoms with van der Waals surface area (Å²) in [5, 5.41) is 49.4. The summed E-state index contributed by atoms with van der Waals surface area (Å²) in [6, 6.07) is 14.0. The summed E-state index contributed by atoms with van der Waals surface area (Å²) in [5.74, 6) is -4.54. The van der Waals surface area contributed by atoms with Crippen molar-refractivity contribution in [1.82, 2.24) is 14.7 Å². The Kier molecular flexibility index (Phi) is 10.2. The van der Waals surface area contributed by atoms with Gasteiger partial charge in [-0.05, 0) is 43.2 Å². The maximum absolute atomic E-state index is 13.1. The zero-order valence-electron chi connectivity index (χ0n) is 22.3. The zero-order chi connectivity index (χ0) is 30.2. The van der Waals surface area contributed by atoms with E-state index >= 15 is 0 Å². The fourth-order valence-electron chi connectivity index (χ4n) is 4.53. The van der Waals surface area contributed by atoms with E-state index in [1.807, 2.05) is 36.7 Å². The first-order valence-corrected chi connectivity index (χ1v) is 12.6. The third kappa shape index (κ3) is 8.33. The molecule has 1 aromatic heterocycles. The second kappa shape index (κ2) is 13.4. The Bertz CT molecular complexity index is 1340. The largest absolute Gasteiger partial charge is 0.496 e. The van der Waals surface area contributed by atoms with E-state index in [-0.39, 0.29) is 5.82 Å². The fraction of sp³-hybridized carbons (Fsp3) is 0.357. The summed E-state index contributed by atoms with van der Waals surface area (Å²) < 4.78 is 20.3. The molecule has 5 N–H and O–H groups in total. The van der Waals surface area contributed by atoms with Gasteiger partial charge < -0.3 is 30.3 Å². The number of halogens is 1. The highest BCUT2D eigenvalue weighted by molar-refractivity contribution is 5.88. The number of aliphatic hydroxyl groups is 2. The molecule has 0 amide bonds. The Hall–Kier alpha value is -4.33.